The lowest BCUT2D eigenvalue weighted by Crippen LogP contribution is -2.21. The molecule has 0 aliphatic carbocycles. The second-order valence-electron chi connectivity index (χ2n) is 5.11. The summed E-state index contributed by atoms with van der Waals surface area (Å²) in [6.45, 7) is 0. The van der Waals surface area contributed by atoms with Crippen molar-refractivity contribution in [1.29, 1.82) is 0 Å². The second kappa shape index (κ2) is 7.68. The summed E-state index contributed by atoms with van der Waals surface area (Å²) in [7, 11) is -3.67. The van der Waals surface area contributed by atoms with Crippen LogP contribution in [0.1, 0.15) is 5.69 Å². The van der Waals surface area contributed by atoms with Crippen molar-refractivity contribution in [2.24, 2.45) is 10.3 Å². The zero-order valence-corrected chi connectivity index (χ0v) is 14.1. The number of aromatic nitrogens is 2. The summed E-state index contributed by atoms with van der Waals surface area (Å²) in [4.78, 5) is 0. The van der Waals surface area contributed by atoms with E-state index in [2.05, 4.69) is 15.4 Å². The quantitative estimate of drug-likeness (QED) is 0.710. The van der Waals surface area contributed by atoms with Crippen molar-refractivity contribution >= 4 is 10.2 Å². The number of rotatable bonds is 2. The normalized spacial score (nSPS) is 11.6. The number of para-hydroxylation sites is 1. The molecule has 0 fully saturated rings. The van der Waals surface area contributed by atoms with Crippen molar-refractivity contribution in [3.63, 3.8) is 0 Å². The van der Waals surface area contributed by atoms with Crippen LogP contribution in [0.4, 0.5) is 13.2 Å². The Morgan fingerprint density at radius 1 is 0.885 bits per heavy atom. The van der Waals surface area contributed by atoms with Gasteiger partial charge in [-0.1, -0.05) is 48.5 Å². The monoisotopic (exact) mass is 384 g/mol. The van der Waals surface area contributed by atoms with Gasteiger partial charge >= 0.3 is 6.18 Å². The van der Waals surface area contributed by atoms with E-state index in [1.807, 2.05) is 6.07 Å². The van der Waals surface area contributed by atoms with Crippen molar-refractivity contribution in [3.8, 4) is 16.9 Å². The molecule has 10 heteroatoms. The fourth-order valence-electron chi connectivity index (χ4n) is 2.10. The molecule has 0 spiro atoms. The fraction of sp³-hybridized carbons (Fsp3) is 0.0625. The minimum atomic E-state index is -4.47. The number of nitrogens with zero attached hydrogens (tertiary/aromatic N) is 2. The smallest absolute Gasteiger partial charge is 0.233 e. The number of halogens is 3. The van der Waals surface area contributed by atoms with Gasteiger partial charge < -0.3 is 0 Å². The highest BCUT2D eigenvalue weighted by Gasteiger charge is 2.35. The molecule has 4 N–H and O–H groups in total. The summed E-state index contributed by atoms with van der Waals surface area (Å²) in [5.74, 6) is 0. The summed E-state index contributed by atoms with van der Waals surface area (Å²) < 4.78 is 58.5. The number of hydrogen-bond donors (Lipinski definition) is 2. The van der Waals surface area contributed by atoms with E-state index in [0.29, 0.717) is 16.9 Å². The molecule has 1 heterocycles. The van der Waals surface area contributed by atoms with Gasteiger partial charge in [0.2, 0.25) is 0 Å². The maximum Gasteiger partial charge on any atom is 0.435 e. The Labute approximate surface area is 148 Å². The average Bonchev–Trinajstić information content (AvgIpc) is 3.00. The molecule has 3 aromatic rings. The molecule has 3 rings (SSSR count). The van der Waals surface area contributed by atoms with Gasteiger partial charge in [0.1, 0.15) is 0 Å². The molecule has 0 amide bonds. The van der Waals surface area contributed by atoms with Crippen LogP contribution in [0.5, 0.6) is 0 Å². The van der Waals surface area contributed by atoms with E-state index in [0.717, 1.165) is 6.07 Å². The van der Waals surface area contributed by atoms with Gasteiger partial charge in [-0.25, -0.2) is 15.0 Å². The van der Waals surface area contributed by atoms with Crippen LogP contribution < -0.4 is 10.3 Å². The van der Waals surface area contributed by atoms with Gasteiger partial charge in [0, 0.05) is 5.56 Å². The molecule has 6 nitrogen and oxygen atoms in total. The number of alkyl halides is 3. The fourth-order valence-corrected chi connectivity index (χ4v) is 2.10. The topological polar surface area (TPSA) is 104 Å². The van der Waals surface area contributed by atoms with Gasteiger partial charge in [0.15, 0.2) is 5.69 Å². The predicted octanol–water partition coefficient (Wildman–Crippen LogP) is 2.71. The minimum Gasteiger partial charge on any atom is -0.233 e. The van der Waals surface area contributed by atoms with Crippen molar-refractivity contribution in [3.05, 3.63) is 72.4 Å². The van der Waals surface area contributed by atoms with Gasteiger partial charge in [-0.05, 0) is 18.2 Å². The first-order valence-electron chi connectivity index (χ1n) is 7.14. The van der Waals surface area contributed by atoms with Gasteiger partial charge in [-0.2, -0.15) is 26.7 Å². The summed E-state index contributed by atoms with van der Waals surface area (Å²) in [6.07, 6.45) is -4.47. The Balaban J connectivity index is 0.000000431. The van der Waals surface area contributed by atoms with Crippen LogP contribution in [0.15, 0.2) is 66.7 Å². The highest BCUT2D eigenvalue weighted by Crippen LogP contribution is 2.33. The van der Waals surface area contributed by atoms with Crippen LogP contribution in [-0.2, 0) is 16.4 Å². The molecule has 26 heavy (non-hydrogen) atoms. The molecular weight excluding hydrogens is 369 g/mol. The summed E-state index contributed by atoms with van der Waals surface area (Å²) in [6, 6.07) is 18.7. The SMILES string of the molecule is FC(F)(F)c1cc(-c2ccccc2)n(-c2ccccc2)n1.NS(N)(=O)=O. The molecule has 0 aliphatic rings. The molecule has 0 aliphatic heterocycles. The van der Waals surface area contributed by atoms with Crippen molar-refractivity contribution in [2.75, 3.05) is 0 Å². The first kappa shape index (κ1) is 19.6. The maximum atomic E-state index is 12.9. The number of nitrogens with two attached hydrogens (primary N) is 2. The highest BCUT2D eigenvalue weighted by atomic mass is 32.2. The predicted molar refractivity (Wildman–Crippen MR) is 91.3 cm³/mol. The Bertz CT molecular complexity index is 891. The Hall–Kier alpha value is -2.69. The third kappa shape index (κ3) is 5.69. The second-order valence-corrected chi connectivity index (χ2v) is 6.29. The molecule has 0 unspecified atom stereocenters. The van der Waals surface area contributed by atoms with Gasteiger partial charge in [0.25, 0.3) is 10.2 Å². The Morgan fingerprint density at radius 2 is 1.35 bits per heavy atom. The Morgan fingerprint density at radius 3 is 1.81 bits per heavy atom. The zero-order chi connectivity index (χ0) is 19.4. The van der Waals surface area contributed by atoms with Crippen LogP contribution >= 0.6 is 0 Å². The van der Waals surface area contributed by atoms with Crippen LogP contribution in [-0.4, -0.2) is 18.2 Å². The van der Waals surface area contributed by atoms with Gasteiger partial charge in [-0.15, -0.1) is 0 Å². The van der Waals surface area contributed by atoms with E-state index in [1.165, 1.54) is 4.68 Å². The highest BCUT2D eigenvalue weighted by molar-refractivity contribution is 7.86. The molecular formula is C16H15F3N4O2S. The van der Waals surface area contributed by atoms with Crippen molar-refractivity contribution in [1.82, 2.24) is 9.78 Å². The van der Waals surface area contributed by atoms with Crippen LogP contribution in [0.3, 0.4) is 0 Å². The first-order valence-corrected chi connectivity index (χ1v) is 8.75. The van der Waals surface area contributed by atoms with Crippen molar-refractivity contribution < 1.29 is 21.6 Å². The number of hydrogen-bond acceptors (Lipinski definition) is 3. The lowest BCUT2D eigenvalue weighted by Gasteiger charge is -2.07. The third-order valence-corrected chi connectivity index (χ3v) is 3.07. The van der Waals surface area contributed by atoms with Crippen LogP contribution in [0.25, 0.3) is 16.9 Å². The largest absolute Gasteiger partial charge is 0.435 e. The molecule has 0 bridgehead atoms. The molecule has 0 saturated heterocycles. The first-order chi connectivity index (χ1) is 12.1. The van der Waals surface area contributed by atoms with Crippen LogP contribution in [0, 0.1) is 0 Å². The lowest BCUT2D eigenvalue weighted by molar-refractivity contribution is -0.141. The van der Waals surface area contributed by atoms with E-state index in [4.69, 9.17) is 0 Å². The van der Waals surface area contributed by atoms with Crippen molar-refractivity contribution in [2.45, 2.75) is 6.18 Å². The Kier molecular flexibility index (Phi) is 5.80. The maximum absolute atomic E-state index is 12.9. The standard InChI is InChI=1S/C16H11F3N2.H4N2O2S/c17-16(18,19)15-11-14(12-7-3-1-4-8-12)21(20-15)13-9-5-2-6-10-13;1-5(2,3)4/h1-11H;(H4,1,2,3,4). The van der Waals surface area contributed by atoms with E-state index >= 15 is 0 Å². The third-order valence-electron chi connectivity index (χ3n) is 3.07. The molecule has 0 atom stereocenters. The molecule has 2 aromatic carbocycles. The zero-order valence-electron chi connectivity index (χ0n) is 13.3. The minimum absolute atomic E-state index is 0.411. The summed E-state index contributed by atoms with van der Waals surface area (Å²) >= 11 is 0. The lowest BCUT2D eigenvalue weighted by atomic mass is 10.1. The number of benzene rings is 2. The summed E-state index contributed by atoms with van der Waals surface area (Å²) in [5.41, 5.74) is 0.788. The average molecular weight is 384 g/mol. The van der Waals surface area contributed by atoms with E-state index < -0.39 is 22.1 Å². The van der Waals surface area contributed by atoms with E-state index in [-0.39, 0.29) is 0 Å². The van der Waals surface area contributed by atoms with E-state index in [9.17, 15) is 21.6 Å². The van der Waals surface area contributed by atoms with Gasteiger partial charge in [-0.3, -0.25) is 0 Å². The molecule has 0 radical (unpaired) electrons. The molecule has 138 valence electrons. The van der Waals surface area contributed by atoms with Crippen LogP contribution in [0.2, 0.25) is 0 Å². The molecule has 1 aromatic heterocycles. The van der Waals surface area contributed by atoms with E-state index in [1.54, 1.807) is 54.6 Å². The van der Waals surface area contributed by atoms with Gasteiger partial charge in [0.05, 0.1) is 11.4 Å². The molecule has 0 saturated carbocycles. The summed E-state index contributed by atoms with van der Waals surface area (Å²) in [5, 5.41) is 11.9.